The molecule has 3 heteroatoms. The Balaban J connectivity index is 1.18. The Morgan fingerprint density at radius 1 is 0.480 bits per heavy atom. The number of hydrogen-bond donors (Lipinski definition) is 0. The number of aromatic nitrogens is 2. The zero-order chi connectivity index (χ0) is 33.1. The third-order valence-corrected chi connectivity index (χ3v) is 11.1. The molecule has 10 aromatic rings. The topological polar surface area (TPSA) is 23.0 Å². The van der Waals surface area contributed by atoms with Crippen molar-refractivity contribution in [3.8, 4) is 33.8 Å². The summed E-state index contributed by atoms with van der Waals surface area (Å²) < 4.78 is 11.5. The van der Waals surface area contributed by atoms with Gasteiger partial charge in [0.2, 0.25) is 0 Å². The van der Waals surface area contributed by atoms with Crippen molar-refractivity contribution in [2.75, 3.05) is 0 Å². The molecule has 0 bridgehead atoms. The van der Waals surface area contributed by atoms with Crippen LogP contribution in [-0.2, 0) is 5.41 Å². The predicted molar refractivity (Wildman–Crippen MR) is 208 cm³/mol. The minimum atomic E-state index is -0.178. The molecule has 0 saturated heterocycles. The van der Waals surface area contributed by atoms with Crippen molar-refractivity contribution in [1.82, 2.24) is 9.13 Å². The fourth-order valence-corrected chi connectivity index (χ4v) is 8.89. The minimum Gasteiger partial charge on any atom is -0.454 e. The van der Waals surface area contributed by atoms with Crippen LogP contribution < -0.4 is 0 Å². The van der Waals surface area contributed by atoms with Crippen molar-refractivity contribution in [1.29, 1.82) is 0 Å². The van der Waals surface area contributed by atoms with Gasteiger partial charge in [0.1, 0.15) is 5.58 Å². The van der Waals surface area contributed by atoms with Crippen LogP contribution in [0, 0.1) is 0 Å². The normalized spacial score (nSPS) is 13.6. The van der Waals surface area contributed by atoms with E-state index in [2.05, 4.69) is 175 Å². The molecule has 3 aromatic heterocycles. The van der Waals surface area contributed by atoms with Crippen LogP contribution in [0.1, 0.15) is 25.0 Å². The number of fused-ring (bicyclic) bond motifs is 11. The third-order valence-electron chi connectivity index (χ3n) is 11.1. The minimum absolute atomic E-state index is 0.178. The van der Waals surface area contributed by atoms with Crippen molar-refractivity contribution < 1.29 is 4.42 Å². The molecular weight excluding hydrogens is 609 g/mol. The van der Waals surface area contributed by atoms with Crippen molar-refractivity contribution in [2.45, 2.75) is 19.3 Å². The lowest BCUT2D eigenvalue weighted by Gasteiger charge is -2.21. The summed E-state index contributed by atoms with van der Waals surface area (Å²) in [4.78, 5) is 0. The molecule has 0 unspecified atom stereocenters. The molecule has 11 rings (SSSR count). The molecule has 0 atom stereocenters. The lowest BCUT2D eigenvalue weighted by atomic mass is 9.81. The van der Waals surface area contributed by atoms with E-state index in [1.165, 1.54) is 71.9 Å². The third kappa shape index (κ3) is 3.59. The molecular formula is C47H32N2O. The van der Waals surface area contributed by atoms with Crippen molar-refractivity contribution in [3.05, 3.63) is 169 Å². The maximum absolute atomic E-state index is 6.64. The van der Waals surface area contributed by atoms with E-state index in [0.717, 1.165) is 27.6 Å². The van der Waals surface area contributed by atoms with Gasteiger partial charge in [0.05, 0.1) is 27.9 Å². The van der Waals surface area contributed by atoms with Gasteiger partial charge < -0.3 is 13.6 Å². The summed E-state index contributed by atoms with van der Waals surface area (Å²) in [6, 6.07) is 57.2. The largest absolute Gasteiger partial charge is 0.454 e. The molecule has 50 heavy (non-hydrogen) atoms. The SMILES string of the molecule is CC1(C)c2ccccc2-c2c1c1cc(-c3ccc4c(c3)c3ccccc3n4-c3ccccc3)ccc1n2-c1cccc2c1oc1ccccc12. The summed E-state index contributed by atoms with van der Waals surface area (Å²) in [5, 5.41) is 6.08. The predicted octanol–water partition coefficient (Wildman–Crippen LogP) is 12.6. The first kappa shape index (κ1) is 27.6. The summed E-state index contributed by atoms with van der Waals surface area (Å²) >= 11 is 0. The first-order valence-electron chi connectivity index (χ1n) is 17.4. The molecule has 1 aliphatic carbocycles. The van der Waals surface area contributed by atoms with Gasteiger partial charge in [-0.2, -0.15) is 0 Å². The Morgan fingerprint density at radius 2 is 1.12 bits per heavy atom. The highest BCUT2D eigenvalue weighted by atomic mass is 16.3. The molecule has 0 fully saturated rings. The van der Waals surface area contributed by atoms with E-state index in [4.69, 9.17) is 4.42 Å². The highest BCUT2D eigenvalue weighted by Crippen LogP contribution is 2.54. The molecule has 0 saturated carbocycles. The van der Waals surface area contributed by atoms with Crippen LogP contribution in [0.15, 0.2) is 162 Å². The molecule has 0 spiro atoms. The number of furan rings is 1. The molecule has 7 aromatic carbocycles. The van der Waals surface area contributed by atoms with E-state index in [1.54, 1.807) is 0 Å². The van der Waals surface area contributed by atoms with Gasteiger partial charge in [0, 0.05) is 43.6 Å². The van der Waals surface area contributed by atoms with E-state index in [1.807, 2.05) is 6.07 Å². The lowest BCUT2D eigenvalue weighted by Crippen LogP contribution is -2.14. The van der Waals surface area contributed by atoms with Gasteiger partial charge in [-0.15, -0.1) is 0 Å². The number of para-hydroxylation sites is 4. The first-order chi connectivity index (χ1) is 24.6. The molecule has 0 aliphatic heterocycles. The van der Waals surface area contributed by atoms with E-state index < -0.39 is 0 Å². The molecule has 3 nitrogen and oxygen atoms in total. The highest BCUT2D eigenvalue weighted by Gasteiger charge is 2.41. The zero-order valence-corrected chi connectivity index (χ0v) is 27.8. The number of nitrogens with zero attached hydrogens (tertiary/aromatic N) is 2. The summed E-state index contributed by atoms with van der Waals surface area (Å²) in [7, 11) is 0. The summed E-state index contributed by atoms with van der Waals surface area (Å²) in [5.74, 6) is 0. The van der Waals surface area contributed by atoms with Gasteiger partial charge in [-0.25, -0.2) is 0 Å². The van der Waals surface area contributed by atoms with Crippen LogP contribution in [-0.4, -0.2) is 9.13 Å². The van der Waals surface area contributed by atoms with Crippen LogP contribution >= 0.6 is 0 Å². The van der Waals surface area contributed by atoms with Crippen molar-refractivity contribution in [2.24, 2.45) is 0 Å². The summed E-state index contributed by atoms with van der Waals surface area (Å²) in [6.45, 7) is 4.75. The summed E-state index contributed by atoms with van der Waals surface area (Å²) in [5.41, 5.74) is 15.2. The Hall–Kier alpha value is -6.32. The van der Waals surface area contributed by atoms with Crippen LogP contribution in [0.2, 0.25) is 0 Å². The molecule has 0 N–H and O–H groups in total. The van der Waals surface area contributed by atoms with E-state index in [0.29, 0.717) is 0 Å². The van der Waals surface area contributed by atoms with Crippen LogP contribution in [0.5, 0.6) is 0 Å². The second-order valence-electron chi connectivity index (χ2n) is 14.1. The van der Waals surface area contributed by atoms with Crippen molar-refractivity contribution in [3.63, 3.8) is 0 Å². The maximum atomic E-state index is 6.64. The number of hydrogen-bond acceptors (Lipinski definition) is 1. The second kappa shape index (κ2) is 9.87. The first-order valence-corrected chi connectivity index (χ1v) is 17.4. The lowest BCUT2D eigenvalue weighted by molar-refractivity contribution is 0.663. The van der Waals surface area contributed by atoms with Gasteiger partial charge in [-0.05, 0) is 76.9 Å². The molecule has 236 valence electrons. The average molecular weight is 641 g/mol. The standard InChI is InChI=1S/C47H32N2O/c1-47(2)38-19-9-6-17-35(38)45-44(47)37-28-30(24-26-41(37)49(45)42-21-12-18-34-33-16-8-11-22-43(33)50-46(34)42)29-23-25-40-36(27-29)32-15-7-10-20-39(32)48(40)31-13-4-3-5-14-31/h3-28H,1-2H3. The summed E-state index contributed by atoms with van der Waals surface area (Å²) in [6.07, 6.45) is 0. The number of benzene rings is 7. The number of rotatable bonds is 3. The molecule has 3 heterocycles. The average Bonchev–Trinajstić information content (AvgIpc) is 3.87. The van der Waals surface area contributed by atoms with Gasteiger partial charge in [-0.3, -0.25) is 0 Å². The Kier molecular flexibility index (Phi) is 5.45. The Morgan fingerprint density at radius 3 is 1.96 bits per heavy atom. The quantitative estimate of drug-likeness (QED) is 0.188. The monoisotopic (exact) mass is 640 g/mol. The van der Waals surface area contributed by atoms with E-state index >= 15 is 0 Å². The smallest absolute Gasteiger partial charge is 0.159 e. The van der Waals surface area contributed by atoms with Crippen LogP contribution in [0.3, 0.4) is 0 Å². The van der Waals surface area contributed by atoms with Gasteiger partial charge in [0.25, 0.3) is 0 Å². The zero-order valence-electron chi connectivity index (χ0n) is 27.8. The Labute approximate surface area is 289 Å². The second-order valence-corrected chi connectivity index (χ2v) is 14.1. The van der Waals surface area contributed by atoms with E-state index in [-0.39, 0.29) is 5.41 Å². The van der Waals surface area contributed by atoms with Gasteiger partial charge in [0.15, 0.2) is 5.58 Å². The molecule has 0 radical (unpaired) electrons. The molecule has 1 aliphatic rings. The van der Waals surface area contributed by atoms with E-state index in [9.17, 15) is 0 Å². The fraction of sp³-hybridized carbons (Fsp3) is 0.0638. The van der Waals surface area contributed by atoms with Crippen molar-refractivity contribution >= 4 is 54.6 Å². The fourth-order valence-electron chi connectivity index (χ4n) is 8.89. The van der Waals surface area contributed by atoms with Gasteiger partial charge in [-0.1, -0.05) is 117 Å². The molecule has 0 amide bonds. The highest BCUT2D eigenvalue weighted by molar-refractivity contribution is 6.12. The Bertz CT molecular complexity index is 3010. The van der Waals surface area contributed by atoms with Crippen LogP contribution in [0.25, 0.3) is 88.4 Å². The maximum Gasteiger partial charge on any atom is 0.159 e. The van der Waals surface area contributed by atoms with Crippen LogP contribution in [0.4, 0.5) is 0 Å². The van der Waals surface area contributed by atoms with Gasteiger partial charge >= 0.3 is 0 Å².